The first-order chi connectivity index (χ1) is 21.4. The third kappa shape index (κ3) is 7.13. The number of thiazole rings is 1. The quantitative estimate of drug-likeness (QED) is 0.153. The molecule has 0 aliphatic carbocycles. The maximum atomic E-state index is 14.4. The molecule has 0 saturated heterocycles. The Bertz CT molecular complexity index is 2050. The highest BCUT2D eigenvalue weighted by Crippen LogP contribution is 2.38. The van der Waals surface area contributed by atoms with E-state index in [9.17, 15) is 22.8 Å². The lowest BCUT2D eigenvalue weighted by Crippen LogP contribution is -2.41. The zero-order valence-electron chi connectivity index (χ0n) is 23.0. The molecule has 1 aromatic heterocycles. The van der Waals surface area contributed by atoms with E-state index in [1.807, 2.05) is 6.07 Å². The van der Waals surface area contributed by atoms with Crippen LogP contribution in [0.1, 0.15) is 35.2 Å². The number of benzene rings is 3. The van der Waals surface area contributed by atoms with E-state index >= 15 is 0 Å². The molecule has 0 bridgehead atoms. The van der Waals surface area contributed by atoms with Crippen molar-refractivity contribution in [2.45, 2.75) is 25.7 Å². The van der Waals surface area contributed by atoms with Crippen LogP contribution in [0.15, 0.2) is 81.7 Å². The van der Waals surface area contributed by atoms with Crippen LogP contribution in [0.2, 0.25) is 5.02 Å². The zero-order chi connectivity index (χ0) is 32.5. The topological polar surface area (TPSA) is 93.7 Å². The Labute approximate surface area is 290 Å². The van der Waals surface area contributed by atoms with Crippen molar-refractivity contribution < 1.29 is 27.4 Å². The van der Waals surface area contributed by atoms with Gasteiger partial charge < -0.3 is 9.47 Å². The number of alkyl halides is 3. The van der Waals surface area contributed by atoms with Crippen LogP contribution >= 0.6 is 68.1 Å². The van der Waals surface area contributed by atoms with E-state index in [1.165, 1.54) is 31.2 Å². The highest BCUT2D eigenvalue weighted by Gasteiger charge is 2.45. The summed E-state index contributed by atoms with van der Waals surface area (Å²) in [5, 5.41) is 9.39. The zero-order valence-corrected chi connectivity index (χ0v) is 28.9. The molecule has 0 unspecified atom stereocenters. The van der Waals surface area contributed by atoms with Crippen molar-refractivity contribution >= 4 is 80.2 Å². The second-order valence-electron chi connectivity index (χ2n) is 9.52. The Morgan fingerprint density at radius 3 is 2.47 bits per heavy atom. The highest BCUT2D eigenvalue weighted by molar-refractivity contribution is 14.1. The van der Waals surface area contributed by atoms with Gasteiger partial charge in [-0.25, -0.2) is 9.79 Å². The van der Waals surface area contributed by atoms with Crippen molar-refractivity contribution in [3.63, 3.8) is 0 Å². The van der Waals surface area contributed by atoms with E-state index in [0.29, 0.717) is 21.9 Å². The van der Waals surface area contributed by atoms with Crippen molar-refractivity contribution in [2.75, 3.05) is 6.61 Å². The lowest BCUT2D eigenvalue weighted by molar-refractivity contribution is -0.140. The summed E-state index contributed by atoms with van der Waals surface area (Å²) >= 11 is 11.0. The van der Waals surface area contributed by atoms with Gasteiger partial charge in [-0.2, -0.15) is 18.4 Å². The van der Waals surface area contributed by atoms with Crippen molar-refractivity contribution in [3.8, 4) is 11.8 Å². The minimum Gasteiger partial charge on any atom is -0.487 e. The molecule has 7 nitrogen and oxygen atoms in total. The molecule has 3 aromatic carbocycles. The van der Waals surface area contributed by atoms with E-state index in [2.05, 4.69) is 56.2 Å². The van der Waals surface area contributed by atoms with E-state index in [1.54, 1.807) is 36.4 Å². The number of nitriles is 1. The minimum absolute atomic E-state index is 0.0837. The molecule has 0 spiro atoms. The van der Waals surface area contributed by atoms with Crippen LogP contribution in [-0.4, -0.2) is 23.3 Å². The summed E-state index contributed by atoms with van der Waals surface area (Å²) in [5.74, 6) is -0.767. The number of rotatable bonds is 7. The highest BCUT2D eigenvalue weighted by atomic mass is 127. The normalized spacial score (nSPS) is 14.9. The average Bonchev–Trinajstić information content (AvgIpc) is 3.30. The smallest absolute Gasteiger partial charge is 0.434 e. The number of hydrogen-bond donors (Lipinski definition) is 0. The fourth-order valence-corrected chi connectivity index (χ4v) is 7.78. The molecule has 0 fully saturated rings. The summed E-state index contributed by atoms with van der Waals surface area (Å²) < 4.78 is 57.1. The summed E-state index contributed by atoms with van der Waals surface area (Å²) in [4.78, 5) is 30.6. The van der Waals surface area contributed by atoms with Crippen LogP contribution in [0.25, 0.3) is 6.08 Å². The van der Waals surface area contributed by atoms with Crippen LogP contribution in [0.5, 0.6) is 5.75 Å². The molecular formula is C31H19ClF3I2N3O4S. The Balaban J connectivity index is 1.69. The molecule has 4 aromatic rings. The molecule has 1 atom stereocenters. The van der Waals surface area contributed by atoms with E-state index < -0.39 is 35.0 Å². The van der Waals surface area contributed by atoms with Gasteiger partial charge in [-0.15, -0.1) is 0 Å². The number of nitrogens with zero attached hydrogens (tertiary/aromatic N) is 3. The van der Waals surface area contributed by atoms with Gasteiger partial charge in [0.25, 0.3) is 5.56 Å². The van der Waals surface area contributed by atoms with Crippen molar-refractivity contribution in [1.29, 1.82) is 5.26 Å². The molecule has 1 aliphatic rings. The molecule has 0 saturated carbocycles. The summed E-state index contributed by atoms with van der Waals surface area (Å²) in [6.45, 7) is 1.46. The SMILES string of the molecule is CCOC(=O)C1=C(C(F)(F)F)N=c2s/c(=C\c3cc(I)cc(I)c3OCc3ccc(C#N)cc3)c(=O)n2[C@H]1c1ccc(Cl)cc1. The third-order valence-corrected chi connectivity index (χ3v) is 9.23. The Morgan fingerprint density at radius 1 is 1.16 bits per heavy atom. The fourth-order valence-electron chi connectivity index (χ4n) is 4.61. The Kier molecular flexibility index (Phi) is 10.1. The third-order valence-electron chi connectivity index (χ3n) is 6.57. The maximum Gasteiger partial charge on any atom is 0.434 e. The van der Waals surface area contributed by atoms with Gasteiger partial charge in [-0.05, 0) is 106 Å². The largest absolute Gasteiger partial charge is 0.487 e. The predicted octanol–water partition coefficient (Wildman–Crippen LogP) is 6.65. The number of aromatic nitrogens is 1. The first-order valence-electron chi connectivity index (χ1n) is 13.1. The van der Waals surface area contributed by atoms with Gasteiger partial charge in [-0.3, -0.25) is 9.36 Å². The Morgan fingerprint density at radius 2 is 1.84 bits per heavy atom. The van der Waals surface area contributed by atoms with E-state index in [0.717, 1.165) is 28.6 Å². The summed E-state index contributed by atoms with van der Waals surface area (Å²) in [6.07, 6.45) is -3.47. The van der Waals surface area contributed by atoms with Gasteiger partial charge in [0.1, 0.15) is 12.4 Å². The predicted molar refractivity (Wildman–Crippen MR) is 180 cm³/mol. The molecule has 45 heavy (non-hydrogen) atoms. The molecule has 230 valence electrons. The fraction of sp³-hybridized carbons (Fsp3) is 0.161. The molecule has 1 aliphatic heterocycles. The second-order valence-corrected chi connectivity index (χ2v) is 13.4. The molecular weight excluding hydrogens is 857 g/mol. The lowest BCUT2D eigenvalue weighted by Gasteiger charge is -2.26. The van der Waals surface area contributed by atoms with Gasteiger partial charge in [0, 0.05) is 14.2 Å². The average molecular weight is 876 g/mol. The van der Waals surface area contributed by atoms with Crippen LogP contribution in [0.4, 0.5) is 13.2 Å². The number of fused-ring (bicyclic) bond motifs is 1. The second kappa shape index (κ2) is 13.7. The first-order valence-corrected chi connectivity index (χ1v) is 16.4. The number of allylic oxidation sites excluding steroid dienone is 1. The minimum atomic E-state index is -5.01. The molecule has 0 radical (unpaired) electrons. The van der Waals surface area contributed by atoms with Crippen LogP contribution in [0, 0.1) is 18.5 Å². The molecule has 0 N–H and O–H groups in total. The summed E-state index contributed by atoms with van der Waals surface area (Å²) in [5.41, 5.74) is -0.799. The van der Waals surface area contributed by atoms with E-state index in [4.69, 9.17) is 26.3 Å². The van der Waals surface area contributed by atoms with Crippen molar-refractivity contribution in [1.82, 2.24) is 4.57 Å². The van der Waals surface area contributed by atoms with Gasteiger partial charge in [-0.1, -0.05) is 47.2 Å². The molecule has 0 amide bonds. The van der Waals surface area contributed by atoms with Gasteiger partial charge in [0.15, 0.2) is 10.5 Å². The monoisotopic (exact) mass is 875 g/mol. The number of halogens is 6. The number of ether oxygens (including phenoxy) is 2. The Hall–Kier alpha value is -3.20. The first kappa shape index (κ1) is 33.2. The van der Waals surface area contributed by atoms with Crippen LogP contribution in [-0.2, 0) is 16.1 Å². The van der Waals surface area contributed by atoms with E-state index in [-0.39, 0.29) is 28.1 Å². The maximum absolute atomic E-state index is 14.4. The number of carbonyl (C=O) groups is 1. The summed E-state index contributed by atoms with van der Waals surface area (Å²) in [6, 6.07) is 17.0. The molecule has 5 rings (SSSR count). The van der Waals surface area contributed by atoms with Crippen LogP contribution < -0.4 is 19.6 Å². The van der Waals surface area contributed by atoms with Crippen molar-refractivity contribution in [2.24, 2.45) is 4.99 Å². The molecule has 2 heterocycles. The standard InChI is InChI=1S/C31H19ClF3I2N3O4S/c1-2-43-29(42)24-25(18-7-9-20(32)10-8-18)40-28(41)23(45-30(40)39-27(24)31(33,34)35)12-19-11-21(36)13-22(37)26(19)44-15-17-5-3-16(14-38)4-6-17/h3-13,25H,2,15H2,1H3/b23-12-/t25-/m0/s1. The van der Waals surface area contributed by atoms with Crippen LogP contribution in [0.3, 0.4) is 0 Å². The van der Waals surface area contributed by atoms with Gasteiger partial charge in [0.2, 0.25) is 0 Å². The number of hydrogen-bond acceptors (Lipinski definition) is 7. The lowest BCUT2D eigenvalue weighted by atomic mass is 9.95. The van der Waals surface area contributed by atoms with Gasteiger partial charge >= 0.3 is 12.1 Å². The number of carbonyl (C=O) groups excluding carboxylic acids is 1. The summed E-state index contributed by atoms with van der Waals surface area (Å²) in [7, 11) is 0. The molecule has 14 heteroatoms. The number of esters is 1. The van der Waals surface area contributed by atoms with Crippen molar-refractivity contribution in [3.05, 3.63) is 126 Å². The van der Waals surface area contributed by atoms with Gasteiger partial charge in [0.05, 0.1) is 38.0 Å².